The van der Waals surface area contributed by atoms with Gasteiger partial charge < -0.3 is 4.84 Å². The zero-order valence-electron chi connectivity index (χ0n) is 6.50. The van der Waals surface area contributed by atoms with Crippen molar-refractivity contribution in [3.63, 3.8) is 0 Å². The molecule has 0 saturated carbocycles. The topological polar surface area (TPSA) is 24.5 Å². The van der Waals surface area contributed by atoms with E-state index >= 15 is 0 Å². The Balaban J connectivity index is 2.33. The van der Waals surface area contributed by atoms with Gasteiger partial charge in [0.05, 0.1) is 0 Å². The van der Waals surface area contributed by atoms with Crippen molar-refractivity contribution in [3.8, 4) is 0 Å². The van der Waals surface area contributed by atoms with Crippen LogP contribution in [0.3, 0.4) is 0 Å². The SMILES string of the molecule is FC1=C(c2ccccc2)NN(F)O1. The van der Waals surface area contributed by atoms with Crippen LogP contribution >= 0.6 is 0 Å². The molecule has 68 valence electrons. The minimum atomic E-state index is -0.978. The van der Waals surface area contributed by atoms with Crippen molar-refractivity contribution >= 4 is 5.70 Å². The zero-order valence-corrected chi connectivity index (χ0v) is 6.50. The molecule has 0 unspecified atom stereocenters. The van der Waals surface area contributed by atoms with E-state index in [9.17, 15) is 8.87 Å². The highest BCUT2D eigenvalue weighted by molar-refractivity contribution is 5.64. The molecule has 0 bridgehead atoms. The van der Waals surface area contributed by atoms with Crippen molar-refractivity contribution in [2.75, 3.05) is 0 Å². The maximum Gasteiger partial charge on any atom is 0.324 e. The molecular formula is C8H6F2N2O. The molecule has 3 nitrogen and oxygen atoms in total. The van der Waals surface area contributed by atoms with Gasteiger partial charge in [-0.15, -0.1) is 0 Å². The molecule has 0 atom stereocenters. The average molecular weight is 184 g/mol. The molecule has 1 aromatic rings. The Morgan fingerprint density at radius 3 is 2.46 bits per heavy atom. The number of halogens is 2. The molecule has 1 aliphatic heterocycles. The van der Waals surface area contributed by atoms with E-state index in [1.807, 2.05) is 0 Å². The van der Waals surface area contributed by atoms with Gasteiger partial charge >= 0.3 is 6.01 Å². The van der Waals surface area contributed by atoms with Gasteiger partial charge in [0.2, 0.25) is 0 Å². The minimum Gasteiger partial charge on any atom is -0.325 e. The number of rotatable bonds is 1. The fourth-order valence-electron chi connectivity index (χ4n) is 1.05. The van der Waals surface area contributed by atoms with Gasteiger partial charge in [0.1, 0.15) is 11.1 Å². The van der Waals surface area contributed by atoms with E-state index in [0.29, 0.717) is 5.56 Å². The predicted octanol–water partition coefficient (Wildman–Crippen LogP) is 1.92. The van der Waals surface area contributed by atoms with Gasteiger partial charge in [-0.1, -0.05) is 34.8 Å². The van der Waals surface area contributed by atoms with E-state index in [1.54, 1.807) is 30.3 Å². The third kappa shape index (κ3) is 1.46. The van der Waals surface area contributed by atoms with Crippen LogP contribution in [0, 0.1) is 0 Å². The lowest BCUT2D eigenvalue weighted by Gasteiger charge is -2.02. The van der Waals surface area contributed by atoms with Gasteiger partial charge in [0, 0.05) is 5.56 Å². The average Bonchev–Trinajstić information content (AvgIpc) is 2.47. The van der Waals surface area contributed by atoms with Gasteiger partial charge in [-0.25, -0.2) is 0 Å². The van der Waals surface area contributed by atoms with Crippen LogP contribution in [0.15, 0.2) is 36.3 Å². The summed E-state index contributed by atoms with van der Waals surface area (Å²) in [5, 5.41) is -0.280. The molecule has 0 amide bonds. The standard InChI is InChI=1S/C8H6F2N2O/c9-8-7(11-12(10)13-8)6-4-2-1-3-5-6/h1-5,11H. The number of benzene rings is 1. The van der Waals surface area contributed by atoms with E-state index in [4.69, 9.17) is 0 Å². The Hall–Kier alpha value is -1.62. The zero-order chi connectivity index (χ0) is 9.26. The third-order valence-corrected chi connectivity index (χ3v) is 1.62. The molecule has 2 rings (SSSR count). The second-order valence-corrected chi connectivity index (χ2v) is 2.46. The summed E-state index contributed by atoms with van der Waals surface area (Å²) >= 11 is 0. The van der Waals surface area contributed by atoms with Crippen molar-refractivity contribution < 1.29 is 13.7 Å². The van der Waals surface area contributed by atoms with Gasteiger partial charge in [-0.2, -0.15) is 4.39 Å². The molecule has 5 heteroatoms. The molecule has 0 spiro atoms. The van der Waals surface area contributed by atoms with Crippen LogP contribution in [-0.4, -0.2) is 5.39 Å². The molecule has 1 heterocycles. The molecule has 1 aromatic carbocycles. The highest BCUT2D eigenvalue weighted by atomic mass is 19.2. The second-order valence-electron chi connectivity index (χ2n) is 2.46. The lowest BCUT2D eigenvalue weighted by atomic mass is 10.2. The van der Waals surface area contributed by atoms with Crippen molar-refractivity contribution in [1.82, 2.24) is 10.8 Å². The van der Waals surface area contributed by atoms with Crippen LogP contribution in [0.2, 0.25) is 0 Å². The number of nitrogens with zero attached hydrogens (tertiary/aromatic N) is 1. The first kappa shape index (κ1) is 8.00. The first-order chi connectivity index (χ1) is 6.27. The van der Waals surface area contributed by atoms with Crippen molar-refractivity contribution in [2.24, 2.45) is 0 Å². The van der Waals surface area contributed by atoms with E-state index in [0.717, 1.165) is 0 Å². The Kier molecular flexibility index (Phi) is 1.86. The molecular weight excluding hydrogens is 178 g/mol. The Bertz CT molecular complexity index is 339. The van der Waals surface area contributed by atoms with E-state index in [2.05, 4.69) is 10.3 Å². The molecule has 1 N–H and O–H groups in total. The maximum atomic E-state index is 12.8. The summed E-state index contributed by atoms with van der Waals surface area (Å²) in [6.07, 6.45) is 0. The molecule has 0 saturated heterocycles. The first-order valence-corrected chi connectivity index (χ1v) is 3.63. The molecule has 0 radical (unpaired) electrons. The largest absolute Gasteiger partial charge is 0.325 e. The van der Waals surface area contributed by atoms with Crippen molar-refractivity contribution in [2.45, 2.75) is 0 Å². The minimum absolute atomic E-state index is 0.0110. The molecule has 1 aliphatic rings. The van der Waals surface area contributed by atoms with Crippen LogP contribution in [0.25, 0.3) is 5.70 Å². The Labute approximate surface area is 73.1 Å². The quantitative estimate of drug-likeness (QED) is 0.675. The molecule has 13 heavy (non-hydrogen) atoms. The third-order valence-electron chi connectivity index (χ3n) is 1.62. The van der Waals surface area contributed by atoms with Crippen LogP contribution < -0.4 is 5.43 Å². The Morgan fingerprint density at radius 1 is 1.23 bits per heavy atom. The normalized spacial score (nSPS) is 17.1. The smallest absolute Gasteiger partial charge is 0.324 e. The highest BCUT2D eigenvalue weighted by Crippen LogP contribution is 2.24. The number of hydrazine groups is 1. The van der Waals surface area contributed by atoms with Crippen LogP contribution in [0.4, 0.5) is 8.87 Å². The molecule has 0 fully saturated rings. The van der Waals surface area contributed by atoms with E-state index in [-0.39, 0.29) is 11.1 Å². The highest BCUT2D eigenvalue weighted by Gasteiger charge is 2.24. The van der Waals surface area contributed by atoms with Gasteiger partial charge in [-0.05, 0) is 0 Å². The molecule has 0 aromatic heterocycles. The summed E-state index contributed by atoms with van der Waals surface area (Å²) in [4.78, 5) is 4.00. The number of hydrogen-bond donors (Lipinski definition) is 1. The fraction of sp³-hybridized carbons (Fsp3) is 0. The Morgan fingerprint density at radius 2 is 1.92 bits per heavy atom. The lowest BCUT2D eigenvalue weighted by Crippen LogP contribution is -2.21. The predicted molar refractivity (Wildman–Crippen MR) is 41.6 cm³/mol. The van der Waals surface area contributed by atoms with Gasteiger partial charge in [-0.3, -0.25) is 5.43 Å². The molecule has 0 aliphatic carbocycles. The first-order valence-electron chi connectivity index (χ1n) is 3.63. The summed E-state index contributed by atoms with van der Waals surface area (Å²) in [6, 6.07) is 7.53. The second kappa shape index (κ2) is 3.02. The van der Waals surface area contributed by atoms with Gasteiger partial charge in [0.15, 0.2) is 0 Å². The summed E-state index contributed by atoms with van der Waals surface area (Å²) in [5.74, 6) is 0. The van der Waals surface area contributed by atoms with E-state index < -0.39 is 6.01 Å². The number of hydrogen-bond acceptors (Lipinski definition) is 3. The summed E-state index contributed by atoms with van der Waals surface area (Å²) < 4.78 is 25.2. The van der Waals surface area contributed by atoms with Gasteiger partial charge in [0.25, 0.3) is 0 Å². The number of nitrogens with one attached hydrogen (secondary N) is 1. The van der Waals surface area contributed by atoms with Crippen LogP contribution in [-0.2, 0) is 4.84 Å². The monoisotopic (exact) mass is 184 g/mol. The summed E-state index contributed by atoms with van der Waals surface area (Å²) in [5.41, 5.74) is 2.59. The summed E-state index contributed by atoms with van der Waals surface area (Å²) in [7, 11) is 0. The fourth-order valence-corrected chi connectivity index (χ4v) is 1.05. The lowest BCUT2D eigenvalue weighted by molar-refractivity contribution is -0.272. The van der Waals surface area contributed by atoms with Crippen LogP contribution in [0.5, 0.6) is 0 Å². The van der Waals surface area contributed by atoms with Crippen molar-refractivity contribution in [1.29, 1.82) is 0 Å². The van der Waals surface area contributed by atoms with Crippen LogP contribution in [0.1, 0.15) is 5.56 Å². The summed E-state index contributed by atoms with van der Waals surface area (Å²) in [6.45, 7) is 0. The maximum absolute atomic E-state index is 12.8. The van der Waals surface area contributed by atoms with Crippen molar-refractivity contribution in [3.05, 3.63) is 41.9 Å². The van der Waals surface area contributed by atoms with E-state index in [1.165, 1.54) is 0 Å².